The highest BCUT2D eigenvalue weighted by atomic mass is 35.5. The molecule has 0 atom stereocenters. The van der Waals surface area contributed by atoms with Crippen LogP contribution in [0.4, 0.5) is 4.39 Å². The maximum absolute atomic E-state index is 13.8. The first-order chi connectivity index (χ1) is 9.88. The summed E-state index contributed by atoms with van der Waals surface area (Å²) in [4.78, 5) is 25.3. The summed E-state index contributed by atoms with van der Waals surface area (Å²) in [5.41, 5.74) is -1.46. The van der Waals surface area contributed by atoms with Gasteiger partial charge in [-0.05, 0) is 31.0 Å². The number of carbonyl (C=O) groups is 2. The molecule has 0 spiro atoms. The van der Waals surface area contributed by atoms with Crippen LogP contribution < -0.4 is 0 Å². The minimum Gasteiger partial charge on any atom is -0.479 e. The molecule has 4 nitrogen and oxygen atoms in total. The number of aliphatic carboxylic acids is 1. The molecule has 0 radical (unpaired) electrons. The minimum atomic E-state index is -1.26. The van der Waals surface area contributed by atoms with Crippen LogP contribution in [0.3, 0.4) is 0 Å². The van der Waals surface area contributed by atoms with Crippen molar-refractivity contribution in [2.75, 3.05) is 7.05 Å². The molecule has 1 N–H and O–H groups in total. The van der Waals surface area contributed by atoms with Gasteiger partial charge in [-0.25, -0.2) is 9.18 Å². The second-order valence-corrected chi connectivity index (χ2v) is 5.82. The Morgan fingerprint density at radius 2 is 1.90 bits per heavy atom. The standard InChI is InChI=1S/C15H17ClFNO3/c1-18(15(14(20)21)7-3-2-4-8-15)13(19)11-9-10(16)5-6-12(11)17/h5-6,9H,2-4,7-8H2,1H3,(H,20,21). The second-order valence-electron chi connectivity index (χ2n) is 5.39. The van der Waals surface area contributed by atoms with Crippen molar-refractivity contribution < 1.29 is 19.1 Å². The molecule has 0 saturated heterocycles. The zero-order chi connectivity index (χ0) is 15.6. The monoisotopic (exact) mass is 313 g/mol. The van der Waals surface area contributed by atoms with Gasteiger partial charge in [-0.15, -0.1) is 0 Å². The quantitative estimate of drug-likeness (QED) is 0.931. The number of nitrogens with zero attached hydrogens (tertiary/aromatic N) is 1. The lowest BCUT2D eigenvalue weighted by Crippen LogP contribution is -2.56. The maximum atomic E-state index is 13.8. The normalized spacial score (nSPS) is 17.3. The number of carbonyl (C=O) groups excluding carboxylic acids is 1. The number of hydrogen-bond acceptors (Lipinski definition) is 2. The van der Waals surface area contributed by atoms with Gasteiger partial charge in [0.15, 0.2) is 0 Å². The Morgan fingerprint density at radius 3 is 2.48 bits per heavy atom. The summed E-state index contributed by atoms with van der Waals surface area (Å²) in [6, 6.07) is 3.69. The average molecular weight is 314 g/mol. The molecule has 1 saturated carbocycles. The van der Waals surface area contributed by atoms with Crippen LogP contribution in [0.15, 0.2) is 18.2 Å². The third kappa shape index (κ3) is 2.88. The topological polar surface area (TPSA) is 57.6 Å². The summed E-state index contributed by atoms with van der Waals surface area (Å²) in [6.07, 6.45) is 3.19. The van der Waals surface area contributed by atoms with E-state index in [0.717, 1.165) is 30.2 Å². The number of benzene rings is 1. The zero-order valence-electron chi connectivity index (χ0n) is 11.7. The van der Waals surface area contributed by atoms with E-state index in [1.807, 2.05) is 0 Å². The fourth-order valence-electron chi connectivity index (χ4n) is 2.87. The molecular weight excluding hydrogens is 297 g/mol. The first kappa shape index (κ1) is 15.8. The third-order valence-corrected chi connectivity index (χ3v) is 4.42. The van der Waals surface area contributed by atoms with E-state index in [-0.39, 0.29) is 10.6 Å². The summed E-state index contributed by atoms with van der Waals surface area (Å²) >= 11 is 5.79. The Hall–Kier alpha value is -1.62. The van der Waals surface area contributed by atoms with Gasteiger partial charge >= 0.3 is 5.97 Å². The molecule has 2 rings (SSSR count). The molecule has 1 amide bonds. The Balaban J connectivity index is 2.36. The van der Waals surface area contributed by atoms with Crippen LogP contribution in [0.2, 0.25) is 5.02 Å². The smallest absolute Gasteiger partial charge is 0.329 e. The Kier molecular flexibility index (Phi) is 4.52. The Bertz CT molecular complexity index is 570. The molecule has 0 heterocycles. The number of hydrogen-bond donors (Lipinski definition) is 1. The van der Waals surface area contributed by atoms with Gasteiger partial charge in [0.25, 0.3) is 5.91 Å². The van der Waals surface area contributed by atoms with Crippen molar-refractivity contribution in [2.24, 2.45) is 0 Å². The number of carboxylic acid groups (broad SMARTS) is 1. The van der Waals surface area contributed by atoms with Crippen molar-refractivity contribution in [1.29, 1.82) is 0 Å². The zero-order valence-corrected chi connectivity index (χ0v) is 12.5. The maximum Gasteiger partial charge on any atom is 0.329 e. The van der Waals surface area contributed by atoms with Crippen molar-refractivity contribution in [3.8, 4) is 0 Å². The van der Waals surface area contributed by atoms with Crippen molar-refractivity contribution in [3.63, 3.8) is 0 Å². The van der Waals surface area contributed by atoms with Gasteiger partial charge < -0.3 is 10.0 Å². The SMILES string of the molecule is CN(C(=O)c1cc(Cl)ccc1F)C1(C(=O)O)CCCCC1. The lowest BCUT2D eigenvalue weighted by molar-refractivity contribution is -0.151. The molecule has 1 aromatic rings. The number of amides is 1. The molecule has 0 aromatic heterocycles. The van der Waals surface area contributed by atoms with E-state index < -0.39 is 23.2 Å². The largest absolute Gasteiger partial charge is 0.479 e. The minimum absolute atomic E-state index is 0.198. The summed E-state index contributed by atoms with van der Waals surface area (Å²) < 4.78 is 13.8. The molecule has 1 aliphatic rings. The highest BCUT2D eigenvalue weighted by molar-refractivity contribution is 6.31. The lowest BCUT2D eigenvalue weighted by Gasteiger charge is -2.41. The molecule has 114 valence electrons. The van der Waals surface area contributed by atoms with E-state index >= 15 is 0 Å². The van der Waals surface area contributed by atoms with Crippen LogP contribution in [0.1, 0.15) is 42.5 Å². The summed E-state index contributed by atoms with van der Waals surface area (Å²) in [5.74, 6) is -2.40. The van der Waals surface area contributed by atoms with Crippen LogP contribution in [0.5, 0.6) is 0 Å². The molecule has 21 heavy (non-hydrogen) atoms. The van der Waals surface area contributed by atoms with E-state index in [2.05, 4.69) is 0 Å². The summed E-state index contributed by atoms with van der Waals surface area (Å²) in [5, 5.41) is 9.80. The third-order valence-electron chi connectivity index (χ3n) is 4.18. The van der Waals surface area contributed by atoms with Gasteiger partial charge in [0.05, 0.1) is 5.56 Å². The Labute approximate surface area is 127 Å². The molecule has 0 bridgehead atoms. The predicted octanol–water partition coefficient (Wildman–Crippen LogP) is 3.34. The van der Waals surface area contributed by atoms with E-state index in [1.165, 1.54) is 19.2 Å². The van der Waals surface area contributed by atoms with Crippen molar-refractivity contribution in [1.82, 2.24) is 4.90 Å². The number of halogens is 2. The molecule has 0 aliphatic heterocycles. The highest BCUT2D eigenvalue weighted by Crippen LogP contribution is 2.34. The van der Waals surface area contributed by atoms with E-state index in [0.29, 0.717) is 12.8 Å². The van der Waals surface area contributed by atoms with Gasteiger partial charge in [0.2, 0.25) is 0 Å². The molecule has 1 aromatic carbocycles. The number of likely N-dealkylation sites (N-methyl/N-ethyl adjacent to an activating group) is 1. The van der Waals surface area contributed by atoms with Gasteiger partial charge in [0, 0.05) is 12.1 Å². The average Bonchev–Trinajstić information content (AvgIpc) is 2.48. The van der Waals surface area contributed by atoms with E-state index in [4.69, 9.17) is 11.6 Å². The molecule has 1 fully saturated rings. The van der Waals surface area contributed by atoms with E-state index in [9.17, 15) is 19.1 Å². The van der Waals surface area contributed by atoms with Crippen LogP contribution in [-0.4, -0.2) is 34.5 Å². The number of rotatable bonds is 3. The second kappa shape index (κ2) is 6.02. The van der Waals surface area contributed by atoms with Gasteiger partial charge in [-0.3, -0.25) is 4.79 Å². The number of carboxylic acids is 1. The first-order valence-electron chi connectivity index (χ1n) is 6.85. The van der Waals surface area contributed by atoms with Crippen LogP contribution in [-0.2, 0) is 4.79 Å². The molecular formula is C15H17ClFNO3. The summed E-state index contributed by atoms with van der Waals surface area (Å²) in [7, 11) is 1.42. The molecule has 6 heteroatoms. The molecule has 0 unspecified atom stereocenters. The van der Waals surface area contributed by atoms with Crippen LogP contribution in [0, 0.1) is 5.82 Å². The summed E-state index contributed by atoms with van der Waals surface area (Å²) in [6.45, 7) is 0. The van der Waals surface area contributed by atoms with Gasteiger partial charge in [-0.1, -0.05) is 30.9 Å². The van der Waals surface area contributed by atoms with Crippen molar-refractivity contribution in [2.45, 2.75) is 37.6 Å². The van der Waals surface area contributed by atoms with Gasteiger partial charge in [-0.2, -0.15) is 0 Å². The fourth-order valence-corrected chi connectivity index (χ4v) is 3.04. The van der Waals surface area contributed by atoms with Crippen molar-refractivity contribution in [3.05, 3.63) is 34.6 Å². The van der Waals surface area contributed by atoms with E-state index in [1.54, 1.807) is 0 Å². The van der Waals surface area contributed by atoms with Crippen molar-refractivity contribution >= 4 is 23.5 Å². The fraction of sp³-hybridized carbons (Fsp3) is 0.467. The molecule has 1 aliphatic carbocycles. The lowest BCUT2D eigenvalue weighted by atomic mass is 9.80. The van der Waals surface area contributed by atoms with Crippen LogP contribution >= 0.6 is 11.6 Å². The predicted molar refractivity (Wildman–Crippen MR) is 77.0 cm³/mol. The van der Waals surface area contributed by atoms with Gasteiger partial charge in [0.1, 0.15) is 11.4 Å². The highest BCUT2D eigenvalue weighted by Gasteiger charge is 2.45. The Morgan fingerprint density at radius 1 is 1.29 bits per heavy atom. The van der Waals surface area contributed by atoms with Crippen LogP contribution in [0.25, 0.3) is 0 Å². The first-order valence-corrected chi connectivity index (χ1v) is 7.23.